The lowest BCUT2D eigenvalue weighted by Gasteiger charge is -2.10. The van der Waals surface area contributed by atoms with Crippen molar-refractivity contribution in [3.05, 3.63) is 57.1 Å². The Bertz CT molecular complexity index is 740. The molecule has 6 heteroatoms. The standard InChI is InChI=1S/C16H15BrN2O2S/c17-16-4-2-13(22-16)5-6-19-12-1-3-14(11(7-12)9-20)15-8-18-10-21-15/h1-4,7-8,10,19-20H,5-6,9H2. The average Bonchev–Trinajstić information content (AvgIpc) is 3.19. The van der Waals surface area contributed by atoms with Gasteiger partial charge in [-0.25, -0.2) is 4.98 Å². The Balaban J connectivity index is 1.67. The topological polar surface area (TPSA) is 58.3 Å². The number of halogens is 1. The molecule has 2 heterocycles. The molecule has 2 aromatic heterocycles. The number of oxazole rings is 1. The van der Waals surface area contributed by atoms with E-state index in [1.54, 1.807) is 17.5 Å². The van der Waals surface area contributed by atoms with Gasteiger partial charge in [-0.2, -0.15) is 0 Å². The zero-order chi connectivity index (χ0) is 15.4. The van der Waals surface area contributed by atoms with Crippen LogP contribution in [0.25, 0.3) is 11.3 Å². The van der Waals surface area contributed by atoms with Gasteiger partial charge in [0.15, 0.2) is 12.2 Å². The molecule has 22 heavy (non-hydrogen) atoms. The first kappa shape index (κ1) is 15.3. The molecule has 3 rings (SSSR count). The van der Waals surface area contributed by atoms with Crippen LogP contribution in [-0.2, 0) is 13.0 Å². The highest BCUT2D eigenvalue weighted by Crippen LogP contribution is 2.27. The van der Waals surface area contributed by atoms with E-state index in [4.69, 9.17) is 4.42 Å². The van der Waals surface area contributed by atoms with Crippen molar-refractivity contribution in [3.8, 4) is 11.3 Å². The molecule has 0 fully saturated rings. The zero-order valence-corrected chi connectivity index (χ0v) is 14.2. The third-order valence-corrected chi connectivity index (χ3v) is 4.99. The molecule has 0 aliphatic heterocycles. The van der Waals surface area contributed by atoms with Crippen molar-refractivity contribution < 1.29 is 9.52 Å². The Hall–Kier alpha value is -1.63. The maximum absolute atomic E-state index is 9.55. The van der Waals surface area contributed by atoms with E-state index in [0.29, 0.717) is 5.76 Å². The fraction of sp³-hybridized carbons (Fsp3) is 0.188. The van der Waals surface area contributed by atoms with Gasteiger partial charge in [0.05, 0.1) is 16.6 Å². The number of nitrogens with zero attached hydrogens (tertiary/aromatic N) is 1. The second-order valence-electron chi connectivity index (χ2n) is 4.78. The molecule has 1 aromatic carbocycles. The van der Waals surface area contributed by atoms with E-state index < -0.39 is 0 Å². The third kappa shape index (κ3) is 3.58. The lowest BCUT2D eigenvalue weighted by atomic mass is 10.1. The first-order chi connectivity index (χ1) is 10.8. The number of nitrogens with one attached hydrogen (secondary N) is 1. The maximum atomic E-state index is 9.55. The molecule has 0 saturated heterocycles. The molecule has 0 amide bonds. The normalized spacial score (nSPS) is 10.8. The van der Waals surface area contributed by atoms with E-state index in [-0.39, 0.29) is 6.61 Å². The van der Waals surface area contributed by atoms with Gasteiger partial charge < -0.3 is 14.8 Å². The summed E-state index contributed by atoms with van der Waals surface area (Å²) in [5.41, 5.74) is 2.68. The van der Waals surface area contributed by atoms with E-state index in [1.807, 2.05) is 18.2 Å². The van der Waals surface area contributed by atoms with Crippen LogP contribution in [-0.4, -0.2) is 16.6 Å². The van der Waals surface area contributed by atoms with Gasteiger partial charge in [0.25, 0.3) is 0 Å². The molecular formula is C16H15BrN2O2S. The number of hydrogen-bond donors (Lipinski definition) is 2. The summed E-state index contributed by atoms with van der Waals surface area (Å²) >= 11 is 5.22. The number of aliphatic hydroxyl groups is 1. The van der Waals surface area contributed by atoms with Crippen LogP contribution in [0.1, 0.15) is 10.4 Å². The van der Waals surface area contributed by atoms with Crippen LogP contribution in [0, 0.1) is 0 Å². The highest BCUT2D eigenvalue weighted by Gasteiger charge is 2.08. The number of hydrogen-bond acceptors (Lipinski definition) is 5. The molecule has 0 bridgehead atoms. The first-order valence-electron chi connectivity index (χ1n) is 6.87. The summed E-state index contributed by atoms with van der Waals surface area (Å²) in [7, 11) is 0. The van der Waals surface area contributed by atoms with E-state index in [0.717, 1.165) is 33.6 Å². The highest BCUT2D eigenvalue weighted by molar-refractivity contribution is 9.11. The fourth-order valence-electron chi connectivity index (χ4n) is 2.24. The molecule has 0 saturated carbocycles. The minimum Gasteiger partial charge on any atom is -0.444 e. The number of rotatable bonds is 6. The van der Waals surface area contributed by atoms with E-state index >= 15 is 0 Å². The largest absolute Gasteiger partial charge is 0.444 e. The summed E-state index contributed by atoms with van der Waals surface area (Å²) in [6.07, 6.45) is 4.01. The Morgan fingerprint density at radius 3 is 2.86 bits per heavy atom. The summed E-state index contributed by atoms with van der Waals surface area (Å²) < 4.78 is 6.45. The Kier molecular flexibility index (Phi) is 4.92. The van der Waals surface area contributed by atoms with Gasteiger partial charge >= 0.3 is 0 Å². The van der Waals surface area contributed by atoms with Gasteiger partial charge in [0, 0.05) is 22.7 Å². The minimum atomic E-state index is -0.0383. The van der Waals surface area contributed by atoms with E-state index in [1.165, 1.54) is 11.3 Å². The number of aliphatic hydroxyl groups excluding tert-OH is 1. The molecule has 3 aromatic rings. The Labute approximate surface area is 141 Å². The van der Waals surface area contributed by atoms with Gasteiger partial charge in [-0.15, -0.1) is 11.3 Å². The molecule has 0 atom stereocenters. The monoisotopic (exact) mass is 378 g/mol. The predicted octanol–water partition coefficient (Wildman–Crippen LogP) is 4.31. The summed E-state index contributed by atoms with van der Waals surface area (Å²) in [4.78, 5) is 5.25. The third-order valence-electron chi connectivity index (χ3n) is 3.30. The lowest BCUT2D eigenvalue weighted by molar-refractivity contribution is 0.282. The van der Waals surface area contributed by atoms with Crippen LogP contribution >= 0.6 is 27.3 Å². The summed E-state index contributed by atoms with van der Waals surface area (Å²) in [6, 6.07) is 10.1. The minimum absolute atomic E-state index is 0.0383. The van der Waals surface area contributed by atoms with Crippen molar-refractivity contribution in [1.82, 2.24) is 4.98 Å². The van der Waals surface area contributed by atoms with Crippen LogP contribution in [0.2, 0.25) is 0 Å². The highest BCUT2D eigenvalue weighted by atomic mass is 79.9. The number of aromatic nitrogens is 1. The van der Waals surface area contributed by atoms with Crippen LogP contribution in [0.5, 0.6) is 0 Å². The molecule has 4 nitrogen and oxygen atoms in total. The quantitative estimate of drug-likeness (QED) is 0.670. The van der Waals surface area contributed by atoms with Crippen LogP contribution in [0.3, 0.4) is 0 Å². The Morgan fingerprint density at radius 2 is 2.18 bits per heavy atom. The summed E-state index contributed by atoms with van der Waals surface area (Å²) in [6.45, 7) is 0.808. The zero-order valence-electron chi connectivity index (χ0n) is 11.8. The number of thiophene rings is 1. The molecule has 0 unspecified atom stereocenters. The van der Waals surface area contributed by atoms with Crippen molar-refractivity contribution in [2.45, 2.75) is 13.0 Å². The van der Waals surface area contributed by atoms with Crippen molar-refractivity contribution in [2.75, 3.05) is 11.9 Å². The molecule has 2 N–H and O–H groups in total. The van der Waals surface area contributed by atoms with Crippen molar-refractivity contribution >= 4 is 33.0 Å². The smallest absolute Gasteiger partial charge is 0.181 e. The van der Waals surface area contributed by atoms with Gasteiger partial charge in [-0.3, -0.25) is 0 Å². The molecule has 0 aliphatic carbocycles. The van der Waals surface area contributed by atoms with Crippen molar-refractivity contribution in [3.63, 3.8) is 0 Å². The van der Waals surface area contributed by atoms with Gasteiger partial charge in [0.1, 0.15) is 0 Å². The Morgan fingerprint density at radius 1 is 1.27 bits per heavy atom. The summed E-state index contributed by atoms with van der Waals surface area (Å²) in [5, 5.41) is 12.9. The van der Waals surface area contributed by atoms with Crippen molar-refractivity contribution in [1.29, 1.82) is 0 Å². The first-order valence-corrected chi connectivity index (χ1v) is 8.48. The maximum Gasteiger partial charge on any atom is 0.181 e. The lowest BCUT2D eigenvalue weighted by Crippen LogP contribution is -2.04. The second kappa shape index (κ2) is 7.09. The van der Waals surface area contributed by atoms with Gasteiger partial charge in [0.2, 0.25) is 0 Å². The molecule has 114 valence electrons. The molecule has 0 aliphatic rings. The second-order valence-corrected chi connectivity index (χ2v) is 7.33. The summed E-state index contributed by atoms with van der Waals surface area (Å²) in [5.74, 6) is 0.666. The van der Waals surface area contributed by atoms with Crippen molar-refractivity contribution in [2.24, 2.45) is 0 Å². The number of anilines is 1. The van der Waals surface area contributed by atoms with Crippen LogP contribution < -0.4 is 5.32 Å². The van der Waals surface area contributed by atoms with Gasteiger partial charge in [-0.1, -0.05) is 0 Å². The van der Waals surface area contributed by atoms with E-state index in [2.05, 4.69) is 38.4 Å². The predicted molar refractivity (Wildman–Crippen MR) is 92.1 cm³/mol. The molecule has 0 spiro atoms. The SMILES string of the molecule is OCc1cc(NCCc2ccc(Br)s2)ccc1-c1cnco1. The molecule has 0 radical (unpaired) electrons. The van der Waals surface area contributed by atoms with Crippen LogP contribution in [0.4, 0.5) is 5.69 Å². The van der Waals surface area contributed by atoms with Crippen LogP contribution in [0.15, 0.2) is 51.1 Å². The number of benzene rings is 1. The van der Waals surface area contributed by atoms with Gasteiger partial charge in [-0.05, 0) is 58.2 Å². The fourth-order valence-corrected chi connectivity index (χ4v) is 3.72. The average molecular weight is 379 g/mol. The molecular weight excluding hydrogens is 364 g/mol. The van der Waals surface area contributed by atoms with E-state index in [9.17, 15) is 5.11 Å².